The predicted octanol–water partition coefficient (Wildman–Crippen LogP) is 11.9. The van der Waals surface area contributed by atoms with Crippen LogP contribution in [0.1, 0.15) is 11.3 Å². The van der Waals surface area contributed by atoms with Gasteiger partial charge in [-0.25, -0.2) is 0 Å². The lowest BCUT2D eigenvalue weighted by Crippen LogP contribution is -2.01. The SMILES string of the molecule is c1ccc(-n2c3c(c4cc(-c5ccc6c(c5)c5c7ccccc7n(-c7ccccc7)c5n6-c5ccccc5)ccc42)-c2ccccc2C3)cc1. The average Bonchev–Trinajstić information content (AvgIpc) is 3.91. The van der Waals surface area contributed by atoms with E-state index in [1.807, 2.05) is 0 Å². The van der Waals surface area contributed by atoms with Crippen LogP contribution in [0.15, 0.2) is 176 Å². The zero-order chi connectivity index (χ0) is 32.8. The van der Waals surface area contributed by atoms with Gasteiger partial charge in [0.2, 0.25) is 0 Å². The summed E-state index contributed by atoms with van der Waals surface area (Å²) in [5, 5.41) is 5.09. The summed E-state index contributed by atoms with van der Waals surface area (Å²) in [7, 11) is 0. The van der Waals surface area contributed by atoms with E-state index >= 15 is 0 Å². The number of nitrogens with zero attached hydrogens (tertiary/aromatic N) is 3. The van der Waals surface area contributed by atoms with Crippen LogP contribution in [-0.2, 0) is 6.42 Å². The van der Waals surface area contributed by atoms with Crippen molar-refractivity contribution in [2.45, 2.75) is 6.42 Å². The fourth-order valence-electron chi connectivity index (χ4n) is 8.57. The maximum atomic E-state index is 2.47. The van der Waals surface area contributed by atoms with Crippen LogP contribution in [0.4, 0.5) is 0 Å². The predicted molar refractivity (Wildman–Crippen MR) is 208 cm³/mol. The molecule has 234 valence electrons. The van der Waals surface area contributed by atoms with Crippen molar-refractivity contribution >= 4 is 43.7 Å². The monoisotopic (exact) mass is 637 g/mol. The Morgan fingerprint density at radius 1 is 0.380 bits per heavy atom. The summed E-state index contributed by atoms with van der Waals surface area (Å²) in [4.78, 5) is 0. The second kappa shape index (κ2) is 10.5. The third kappa shape index (κ3) is 3.80. The van der Waals surface area contributed by atoms with E-state index in [-0.39, 0.29) is 0 Å². The zero-order valence-corrected chi connectivity index (χ0v) is 27.3. The van der Waals surface area contributed by atoms with Gasteiger partial charge in [0.25, 0.3) is 0 Å². The molecule has 0 unspecified atom stereocenters. The third-order valence-corrected chi connectivity index (χ3v) is 10.7. The molecule has 10 aromatic rings. The lowest BCUT2D eigenvalue weighted by atomic mass is 9.98. The molecule has 0 bridgehead atoms. The van der Waals surface area contributed by atoms with Gasteiger partial charge in [-0.15, -0.1) is 0 Å². The largest absolute Gasteiger partial charge is 0.313 e. The van der Waals surface area contributed by atoms with Crippen molar-refractivity contribution in [3.05, 3.63) is 187 Å². The normalized spacial score (nSPS) is 12.3. The maximum absolute atomic E-state index is 2.47. The molecule has 7 aromatic carbocycles. The second-order valence-corrected chi connectivity index (χ2v) is 13.3. The minimum atomic E-state index is 0.937. The van der Waals surface area contributed by atoms with Gasteiger partial charge in [-0.05, 0) is 89.0 Å². The number of para-hydroxylation sites is 4. The average molecular weight is 638 g/mol. The highest BCUT2D eigenvalue weighted by Crippen LogP contribution is 2.47. The van der Waals surface area contributed by atoms with Crippen molar-refractivity contribution < 1.29 is 0 Å². The van der Waals surface area contributed by atoms with Crippen LogP contribution in [0.25, 0.3) is 83.1 Å². The smallest absolute Gasteiger partial charge is 0.131 e. The molecule has 0 amide bonds. The lowest BCUT2D eigenvalue weighted by molar-refractivity contribution is 1.01. The van der Waals surface area contributed by atoms with Crippen molar-refractivity contribution in [2.24, 2.45) is 0 Å². The first kappa shape index (κ1) is 27.4. The van der Waals surface area contributed by atoms with Crippen LogP contribution in [0, 0.1) is 0 Å². The highest BCUT2D eigenvalue weighted by molar-refractivity contribution is 6.23. The molecular formula is C47H31N3. The van der Waals surface area contributed by atoms with Crippen LogP contribution >= 0.6 is 0 Å². The van der Waals surface area contributed by atoms with Crippen LogP contribution in [0.2, 0.25) is 0 Å². The van der Waals surface area contributed by atoms with E-state index in [4.69, 9.17) is 0 Å². The highest BCUT2D eigenvalue weighted by Gasteiger charge is 2.28. The molecule has 11 rings (SSSR count). The summed E-state index contributed by atoms with van der Waals surface area (Å²) in [5.41, 5.74) is 16.3. The minimum Gasteiger partial charge on any atom is -0.313 e. The summed E-state index contributed by atoms with van der Waals surface area (Å²) in [6.07, 6.45) is 0.937. The Morgan fingerprint density at radius 3 is 1.54 bits per heavy atom. The van der Waals surface area contributed by atoms with E-state index in [0.29, 0.717) is 0 Å². The molecule has 0 fully saturated rings. The van der Waals surface area contributed by atoms with Gasteiger partial charge in [-0.3, -0.25) is 9.13 Å². The molecule has 0 atom stereocenters. The molecular weight excluding hydrogens is 607 g/mol. The zero-order valence-electron chi connectivity index (χ0n) is 27.3. The fraction of sp³-hybridized carbons (Fsp3) is 0.0213. The van der Waals surface area contributed by atoms with Gasteiger partial charge in [-0.2, -0.15) is 0 Å². The van der Waals surface area contributed by atoms with Crippen molar-refractivity contribution in [1.82, 2.24) is 13.7 Å². The van der Waals surface area contributed by atoms with E-state index in [1.54, 1.807) is 0 Å². The minimum absolute atomic E-state index is 0.937. The first-order valence-electron chi connectivity index (χ1n) is 17.3. The molecule has 50 heavy (non-hydrogen) atoms. The molecule has 3 heteroatoms. The van der Waals surface area contributed by atoms with E-state index in [9.17, 15) is 0 Å². The summed E-state index contributed by atoms with van der Waals surface area (Å²) >= 11 is 0. The van der Waals surface area contributed by atoms with E-state index < -0.39 is 0 Å². The highest BCUT2D eigenvalue weighted by atomic mass is 15.1. The third-order valence-electron chi connectivity index (χ3n) is 10.7. The van der Waals surface area contributed by atoms with E-state index in [2.05, 4.69) is 190 Å². The van der Waals surface area contributed by atoms with Gasteiger partial charge >= 0.3 is 0 Å². The van der Waals surface area contributed by atoms with Gasteiger partial charge in [0.05, 0.1) is 16.6 Å². The van der Waals surface area contributed by atoms with Crippen molar-refractivity contribution in [3.8, 4) is 39.3 Å². The molecule has 0 spiro atoms. The lowest BCUT2D eigenvalue weighted by Gasteiger charge is -2.13. The second-order valence-electron chi connectivity index (χ2n) is 13.3. The Morgan fingerprint density at radius 2 is 0.880 bits per heavy atom. The van der Waals surface area contributed by atoms with Gasteiger partial charge in [0.15, 0.2) is 0 Å². The number of fused-ring (bicyclic) bond motifs is 10. The molecule has 1 aliphatic rings. The molecule has 3 aromatic heterocycles. The van der Waals surface area contributed by atoms with Crippen molar-refractivity contribution in [3.63, 3.8) is 0 Å². The number of rotatable bonds is 4. The van der Waals surface area contributed by atoms with Gasteiger partial charge < -0.3 is 4.57 Å². The summed E-state index contributed by atoms with van der Waals surface area (Å²) in [6.45, 7) is 0. The standard InChI is InChI=1S/C47H31N3/c1-4-15-34(16-5-1)48-42-26-24-31(28-39(42)45-37-21-11-10-14-33(37)30-44(45)48)32-25-27-43-40(29-32)46-38-22-12-13-23-41(38)49(35-17-6-2-7-18-35)47(46)50(43)36-19-8-3-9-20-36/h1-29H,30H2. The topological polar surface area (TPSA) is 14.8 Å². The molecule has 1 aliphatic carbocycles. The van der Waals surface area contributed by atoms with Crippen LogP contribution < -0.4 is 0 Å². The number of hydrogen-bond donors (Lipinski definition) is 0. The molecule has 0 N–H and O–H groups in total. The summed E-state index contributed by atoms with van der Waals surface area (Å²) in [5.74, 6) is 0. The summed E-state index contributed by atoms with van der Waals surface area (Å²) in [6, 6.07) is 64.2. The molecule has 0 saturated carbocycles. The Kier molecular flexibility index (Phi) is 5.73. The Labute approximate surface area is 289 Å². The van der Waals surface area contributed by atoms with E-state index in [1.165, 1.54) is 82.9 Å². The first-order chi connectivity index (χ1) is 24.8. The van der Waals surface area contributed by atoms with Crippen molar-refractivity contribution in [1.29, 1.82) is 0 Å². The molecule has 3 heterocycles. The number of aromatic nitrogens is 3. The molecule has 0 saturated heterocycles. The van der Waals surface area contributed by atoms with E-state index in [0.717, 1.165) is 17.8 Å². The van der Waals surface area contributed by atoms with Crippen LogP contribution in [0.5, 0.6) is 0 Å². The van der Waals surface area contributed by atoms with Crippen molar-refractivity contribution in [2.75, 3.05) is 0 Å². The summed E-state index contributed by atoms with van der Waals surface area (Å²) < 4.78 is 7.34. The first-order valence-corrected chi connectivity index (χ1v) is 17.3. The van der Waals surface area contributed by atoms with Gasteiger partial charge in [0.1, 0.15) is 5.65 Å². The number of hydrogen-bond acceptors (Lipinski definition) is 0. The fourth-order valence-corrected chi connectivity index (χ4v) is 8.57. The quantitative estimate of drug-likeness (QED) is 0.182. The maximum Gasteiger partial charge on any atom is 0.131 e. The van der Waals surface area contributed by atoms with Crippen LogP contribution in [-0.4, -0.2) is 13.7 Å². The molecule has 3 nitrogen and oxygen atoms in total. The Balaban J connectivity index is 1.20. The Hall–Kier alpha value is -6.58. The van der Waals surface area contributed by atoms with Gasteiger partial charge in [0, 0.05) is 56.3 Å². The molecule has 0 aliphatic heterocycles. The van der Waals surface area contributed by atoms with Crippen LogP contribution in [0.3, 0.4) is 0 Å². The number of benzene rings is 7. The molecule has 0 radical (unpaired) electrons. The van der Waals surface area contributed by atoms with Gasteiger partial charge in [-0.1, -0.05) is 109 Å². The Bertz CT molecular complexity index is 2920.